The summed E-state index contributed by atoms with van der Waals surface area (Å²) in [4.78, 5) is 15.5. The van der Waals surface area contributed by atoms with E-state index in [0.29, 0.717) is 42.1 Å². The number of carboxylic acids is 1. The summed E-state index contributed by atoms with van der Waals surface area (Å²) < 4.78 is 5.79. The minimum Gasteiger partial charge on any atom is -0.477 e. The molecule has 6 heteroatoms. The summed E-state index contributed by atoms with van der Waals surface area (Å²) >= 11 is 0. The van der Waals surface area contributed by atoms with Gasteiger partial charge in [-0.2, -0.15) is 0 Å². The van der Waals surface area contributed by atoms with Gasteiger partial charge < -0.3 is 20.1 Å². The smallest absolute Gasteiger partial charge is 0.341 e. The topological polar surface area (TPSA) is 99.9 Å². The van der Waals surface area contributed by atoms with Crippen LogP contribution in [0.25, 0.3) is 0 Å². The summed E-state index contributed by atoms with van der Waals surface area (Å²) in [6.07, 6.45) is 11.7. The van der Waals surface area contributed by atoms with Crippen LogP contribution in [-0.4, -0.2) is 45.1 Å². The first-order valence-corrected chi connectivity index (χ1v) is 14.4. The van der Waals surface area contributed by atoms with Gasteiger partial charge in [-0.1, -0.05) is 27.2 Å². The molecule has 10 atom stereocenters. The minimum absolute atomic E-state index is 0.113. The van der Waals surface area contributed by atoms with Crippen molar-refractivity contribution in [1.82, 2.24) is 4.98 Å². The van der Waals surface area contributed by atoms with Crippen LogP contribution in [0.15, 0.2) is 18.3 Å². The molecule has 200 valence electrons. The number of fused-ring (bicyclic) bond motifs is 5. The molecule has 0 aliphatic heterocycles. The maximum atomic E-state index is 11.8. The number of pyridine rings is 1. The Kier molecular flexibility index (Phi) is 7.14. The van der Waals surface area contributed by atoms with Gasteiger partial charge in [0.05, 0.1) is 18.8 Å². The molecule has 0 bridgehead atoms. The average Bonchev–Trinajstić information content (AvgIpc) is 3.19. The monoisotopic (exact) mass is 499 g/mol. The Morgan fingerprint density at radius 2 is 1.83 bits per heavy atom. The molecule has 4 saturated carbocycles. The SMILES string of the molecule is CC[C@H]1[C@@H](O)[C@@H]2[C@H](CC[C@]3(C)[C@@H](CCCOc4ncccc4C(=O)O)CC[C@@H]23)[C@@]2(C)CC[C@@H](O)C[C@@H]12. The van der Waals surface area contributed by atoms with Crippen LogP contribution in [-0.2, 0) is 0 Å². The van der Waals surface area contributed by atoms with E-state index in [0.717, 1.165) is 38.5 Å². The lowest BCUT2D eigenvalue weighted by atomic mass is 9.41. The third-order valence-corrected chi connectivity index (χ3v) is 11.5. The molecule has 1 aromatic heterocycles. The largest absolute Gasteiger partial charge is 0.477 e. The number of aromatic carboxylic acids is 1. The lowest BCUT2D eigenvalue weighted by Crippen LogP contribution is -2.62. The Morgan fingerprint density at radius 3 is 2.58 bits per heavy atom. The van der Waals surface area contributed by atoms with E-state index in [4.69, 9.17) is 4.74 Å². The fourth-order valence-electron chi connectivity index (χ4n) is 9.71. The highest BCUT2D eigenvalue weighted by Gasteiger charge is 2.64. The van der Waals surface area contributed by atoms with E-state index >= 15 is 0 Å². The van der Waals surface area contributed by atoms with Gasteiger partial charge in [-0.25, -0.2) is 9.78 Å². The van der Waals surface area contributed by atoms with Gasteiger partial charge in [0.1, 0.15) is 5.56 Å². The van der Waals surface area contributed by atoms with Crippen LogP contribution < -0.4 is 4.74 Å². The van der Waals surface area contributed by atoms with Crippen molar-refractivity contribution in [3.63, 3.8) is 0 Å². The highest BCUT2D eigenvalue weighted by Crippen LogP contribution is 2.69. The Hall–Kier alpha value is -1.66. The molecule has 0 unspecified atom stereocenters. The number of nitrogens with zero attached hydrogens (tertiary/aromatic N) is 1. The Morgan fingerprint density at radius 1 is 1.08 bits per heavy atom. The Balaban J connectivity index is 1.27. The molecule has 3 N–H and O–H groups in total. The summed E-state index contributed by atoms with van der Waals surface area (Å²) in [7, 11) is 0. The highest BCUT2D eigenvalue weighted by atomic mass is 16.5. The van der Waals surface area contributed by atoms with Crippen molar-refractivity contribution in [3.8, 4) is 5.88 Å². The van der Waals surface area contributed by atoms with Crippen LogP contribution in [0.1, 0.15) is 95.3 Å². The first-order chi connectivity index (χ1) is 17.2. The third kappa shape index (κ3) is 4.16. The van der Waals surface area contributed by atoms with Gasteiger partial charge in [0, 0.05) is 6.20 Å². The second-order valence-electron chi connectivity index (χ2n) is 12.9. The first-order valence-electron chi connectivity index (χ1n) is 14.4. The maximum Gasteiger partial charge on any atom is 0.341 e. The van der Waals surface area contributed by atoms with E-state index in [1.165, 1.54) is 31.7 Å². The number of hydrogen-bond acceptors (Lipinski definition) is 5. The fraction of sp³-hybridized carbons (Fsp3) is 0.800. The summed E-state index contributed by atoms with van der Waals surface area (Å²) in [5.74, 6) is 2.03. The zero-order valence-electron chi connectivity index (χ0n) is 22.2. The maximum absolute atomic E-state index is 11.8. The standard InChI is InChI=1S/C30H45NO5/c1-4-20-24-17-19(32)11-13-30(24,3)23-12-14-29(2)18(9-10-22(29)25(23)26(20)33)7-6-16-36-27-21(28(34)35)8-5-15-31-27/h5,8,15,18-20,22-26,32-33H,4,6-7,9-14,16-17H2,1-3H3,(H,34,35)/t18-,19+,20+,22-,23-,24-,25-,26+,29+,30+/m0/s1. The summed E-state index contributed by atoms with van der Waals surface area (Å²) in [5, 5.41) is 31.6. The van der Waals surface area contributed by atoms with Gasteiger partial charge in [-0.15, -0.1) is 0 Å². The lowest BCUT2D eigenvalue weighted by molar-refractivity contribution is -0.202. The van der Waals surface area contributed by atoms with E-state index in [1.54, 1.807) is 12.3 Å². The van der Waals surface area contributed by atoms with Gasteiger partial charge in [-0.05, 0) is 116 Å². The molecule has 4 aliphatic carbocycles. The number of aliphatic hydroxyl groups excluding tert-OH is 2. The van der Waals surface area contributed by atoms with Crippen LogP contribution in [0.5, 0.6) is 5.88 Å². The van der Waals surface area contributed by atoms with Crippen LogP contribution >= 0.6 is 0 Å². The normalized spacial score (nSPS) is 43.8. The second kappa shape index (κ2) is 9.90. The molecule has 0 saturated heterocycles. The summed E-state index contributed by atoms with van der Waals surface area (Å²) in [6, 6.07) is 3.15. The number of aliphatic hydroxyl groups is 2. The van der Waals surface area contributed by atoms with Gasteiger partial charge in [0.15, 0.2) is 0 Å². The Labute approximate surface area is 215 Å². The van der Waals surface area contributed by atoms with E-state index in [1.807, 2.05) is 0 Å². The molecule has 5 rings (SSSR count). The van der Waals surface area contributed by atoms with Gasteiger partial charge in [0.25, 0.3) is 0 Å². The molecule has 1 aromatic rings. The highest BCUT2D eigenvalue weighted by molar-refractivity contribution is 5.90. The third-order valence-electron chi connectivity index (χ3n) is 11.5. The van der Waals surface area contributed by atoms with Crippen molar-refractivity contribution in [1.29, 1.82) is 0 Å². The van der Waals surface area contributed by atoms with Gasteiger partial charge in [-0.3, -0.25) is 0 Å². The number of carboxylic acid groups (broad SMARTS) is 1. The zero-order chi connectivity index (χ0) is 25.7. The number of rotatable bonds is 7. The fourth-order valence-corrected chi connectivity index (χ4v) is 9.71. The van der Waals surface area contributed by atoms with Crippen LogP contribution in [0.2, 0.25) is 0 Å². The van der Waals surface area contributed by atoms with Crippen molar-refractivity contribution >= 4 is 5.97 Å². The van der Waals surface area contributed by atoms with Crippen molar-refractivity contribution in [2.45, 2.75) is 97.2 Å². The van der Waals surface area contributed by atoms with Crippen molar-refractivity contribution in [2.75, 3.05) is 6.61 Å². The molecular formula is C30H45NO5. The molecular weight excluding hydrogens is 454 g/mol. The van der Waals surface area contributed by atoms with Crippen molar-refractivity contribution in [3.05, 3.63) is 23.9 Å². The molecule has 1 heterocycles. The minimum atomic E-state index is -1.01. The van der Waals surface area contributed by atoms with E-state index in [-0.39, 0.29) is 34.5 Å². The number of carbonyl (C=O) groups is 1. The number of hydrogen-bond donors (Lipinski definition) is 3. The first kappa shape index (κ1) is 26.0. The molecule has 36 heavy (non-hydrogen) atoms. The lowest BCUT2D eigenvalue weighted by Gasteiger charge is -2.64. The quantitative estimate of drug-likeness (QED) is 0.425. The second-order valence-corrected chi connectivity index (χ2v) is 12.9. The predicted molar refractivity (Wildman–Crippen MR) is 138 cm³/mol. The molecule has 4 fully saturated rings. The molecule has 0 radical (unpaired) electrons. The van der Waals surface area contributed by atoms with Gasteiger partial charge in [0.2, 0.25) is 5.88 Å². The summed E-state index contributed by atoms with van der Waals surface area (Å²) in [5.41, 5.74) is 0.596. The van der Waals surface area contributed by atoms with Gasteiger partial charge >= 0.3 is 5.97 Å². The van der Waals surface area contributed by atoms with E-state index < -0.39 is 5.97 Å². The van der Waals surface area contributed by atoms with Crippen molar-refractivity contribution in [2.24, 2.45) is 46.3 Å². The zero-order valence-corrected chi connectivity index (χ0v) is 22.2. The average molecular weight is 500 g/mol. The molecule has 0 amide bonds. The van der Waals surface area contributed by atoms with E-state index in [2.05, 4.69) is 25.8 Å². The number of aromatic nitrogens is 1. The molecule has 4 aliphatic rings. The van der Waals surface area contributed by atoms with Crippen molar-refractivity contribution < 1.29 is 24.9 Å². The van der Waals surface area contributed by atoms with Crippen LogP contribution in [0.3, 0.4) is 0 Å². The number of ether oxygens (including phenoxy) is 1. The van der Waals surface area contributed by atoms with Crippen LogP contribution in [0, 0.1) is 46.3 Å². The molecule has 0 spiro atoms. The van der Waals surface area contributed by atoms with Crippen LogP contribution in [0.4, 0.5) is 0 Å². The Bertz CT molecular complexity index is 953. The predicted octanol–water partition coefficient (Wildman–Crippen LogP) is 5.57. The summed E-state index contributed by atoms with van der Waals surface area (Å²) in [6.45, 7) is 7.68. The molecule has 6 nitrogen and oxygen atoms in total. The molecule has 0 aromatic carbocycles. The van der Waals surface area contributed by atoms with E-state index in [9.17, 15) is 20.1 Å².